The summed E-state index contributed by atoms with van der Waals surface area (Å²) >= 11 is 3.36. The second-order valence-electron chi connectivity index (χ2n) is 5.10. The van der Waals surface area contributed by atoms with E-state index in [2.05, 4.69) is 22.0 Å². The maximum absolute atomic E-state index is 9.11. The first-order valence-electron chi connectivity index (χ1n) is 6.77. The molecule has 2 unspecified atom stereocenters. The van der Waals surface area contributed by atoms with Gasteiger partial charge >= 0.3 is 0 Å². The fraction of sp³-hybridized carbons (Fsp3) is 0.533. The molecule has 0 radical (unpaired) electrons. The molecule has 1 aromatic carbocycles. The predicted octanol–water partition coefficient (Wildman–Crippen LogP) is 3.46. The van der Waals surface area contributed by atoms with Gasteiger partial charge < -0.3 is 10.5 Å². The van der Waals surface area contributed by atoms with Gasteiger partial charge in [-0.1, -0.05) is 28.8 Å². The van der Waals surface area contributed by atoms with Gasteiger partial charge in [0.1, 0.15) is 11.8 Å². The highest BCUT2D eigenvalue weighted by Gasteiger charge is 2.24. The summed E-state index contributed by atoms with van der Waals surface area (Å²) < 4.78 is 6.75. The van der Waals surface area contributed by atoms with E-state index in [0.717, 1.165) is 11.0 Å². The van der Waals surface area contributed by atoms with Crippen molar-refractivity contribution in [3.63, 3.8) is 0 Å². The number of nitriles is 1. The van der Waals surface area contributed by atoms with E-state index in [1.54, 1.807) is 6.07 Å². The first-order chi connectivity index (χ1) is 9.24. The van der Waals surface area contributed by atoms with Crippen LogP contribution in [0.5, 0.6) is 5.75 Å². The van der Waals surface area contributed by atoms with Crippen LogP contribution in [0.1, 0.15) is 31.2 Å². The number of nitrogens with two attached hydrogens (primary N) is 1. The monoisotopic (exact) mass is 322 g/mol. The Hall–Kier alpha value is -1.05. The largest absolute Gasteiger partial charge is 0.492 e. The average Bonchev–Trinajstić information content (AvgIpc) is 2.46. The molecule has 2 rings (SSSR count). The van der Waals surface area contributed by atoms with Crippen LogP contribution in [0.15, 0.2) is 22.7 Å². The van der Waals surface area contributed by atoms with Crippen molar-refractivity contribution in [1.82, 2.24) is 0 Å². The molecule has 2 atom stereocenters. The van der Waals surface area contributed by atoms with E-state index in [0.29, 0.717) is 29.8 Å². The van der Waals surface area contributed by atoms with Crippen molar-refractivity contribution in [1.29, 1.82) is 5.26 Å². The maximum Gasteiger partial charge on any atom is 0.137 e. The minimum absolute atomic E-state index is 0.522. The summed E-state index contributed by atoms with van der Waals surface area (Å²) in [5.74, 6) is 1.76. The van der Waals surface area contributed by atoms with Crippen molar-refractivity contribution >= 4 is 15.9 Å². The molecule has 1 aromatic rings. The predicted molar refractivity (Wildman–Crippen MR) is 78.9 cm³/mol. The number of nitrogens with zero attached hydrogens (tertiary/aromatic N) is 1. The van der Waals surface area contributed by atoms with Crippen LogP contribution < -0.4 is 10.5 Å². The van der Waals surface area contributed by atoms with Crippen LogP contribution in [-0.4, -0.2) is 13.2 Å². The van der Waals surface area contributed by atoms with Crippen LogP contribution >= 0.6 is 15.9 Å². The summed E-state index contributed by atoms with van der Waals surface area (Å²) in [5.41, 5.74) is 6.40. The highest BCUT2D eigenvalue weighted by atomic mass is 79.9. The summed E-state index contributed by atoms with van der Waals surface area (Å²) in [6.07, 6.45) is 4.92. The molecule has 4 heteroatoms. The zero-order valence-electron chi connectivity index (χ0n) is 10.9. The minimum atomic E-state index is 0.522. The van der Waals surface area contributed by atoms with Crippen LogP contribution in [0.25, 0.3) is 0 Å². The standard InChI is InChI=1S/C15H19BrN2O/c16-14-5-6-15(13(7-14)9-18)19-10-12-4-2-1-3-11(12)8-17/h5-7,11-12H,1-4,8,10,17H2. The normalized spacial score (nSPS) is 22.8. The topological polar surface area (TPSA) is 59.0 Å². The Morgan fingerprint density at radius 1 is 1.32 bits per heavy atom. The lowest BCUT2D eigenvalue weighted by Gasteiger charge is -2.30. The number of hydrogen-bond donors (Lipinski definition) is 1. The molecule has 0 heterocycles. The Labute approximate surface area is 122 Å². The smallest absolute Gasteiger partial charge is 0.137 e. The molecular formula is C15H19BrN2O. The van der Waals surface area contributed by atoms with Gasteiger partial charge in [-0.3, -0.25) is 0 Å². The van der Waals surface area contributed by atoms with Gasteiger partial charge in [-0.05, 0) is 49.4 Å². The summed E-state index contributed by atoms with van der Waals surface area (Å²) in [4.78, 5) is 0. The number of benzene rings is 1. The van der Waals surface area contributed by atoms with E-state index in [9.17, 15) is 0 Å². The van der Waals surface area contributed by atoms with Crippen molar-refractivity contribution in [3.05, 3.63) is 28.2 Å². The molecule has 0 saturated heterocycles. The van der Waals surface area contributed by atoms with Crippen LogP contribution in [-0.2, 0) is 0 Å². The summed E-state index contributed by atoms with van der Waals surface area (Å²) in [6.45, 7) is 1.40. The third kappa shape index (κ3) is 3.71. The van der Waals surface area contributed by atoms with Crippen LogP contribution in [0.4, 0.5) is 0 Å². The zero-order chi connectivity index (χ0) is 13.7. The van der Waals surface area contributed by atoms with Gasteiger partial charge in [-0.25, -0.2) is 0 Å². The molecule has 0 amide bonds. The second kappa shape index (κ2) is 6.93. The molecule has 3 nitrogen and oxygen atoms in total. The van der Waals surface area contributed by atoms with Gasteiger partial charge in [0.15, 0.2) is 0 Å². The Morgan fingerprint density at radius 2 is 2.05 bits per heavy atom. The Kier molecular flexibility index (Phi) is 5.24. The van der Waals surface area contributed by atoms with Gasteiger partial charge in [0.2, 0.25) is 0 Å². The van der Waals surface area contributed by atoms with E-state index < -0.39 is 0 Å². The zero-order valence-corrected chi connectivity index (χ0v) is 12.5. The van der Waals surface area contributed by atoms with E-state index in [1.807, 2.05) is 12.1 Å². The van der Waals surface area contributed by atoms with Crippen molar-refractivity contribution in [2.24, 2.45) is 17.6 Å². The molecule has 102 valence electrons. The SMILES string of the molecule is N#Cc1cc(Br)ccc1OCC1CCCCC1CN. The Balaban J connectivity index is 2.00. The number of rotatable bonds is 4. The molecule has 0 bridgehead atoms. The van der Waals surface area contributed by atoms with Gasteiger partial charge in [0, 0.05) is 4.47 Å². The van der Waals surface area contributed by atoms with Crippen LogP contribution in [0.2, 0.25) is 0 Å². The quantitative estimate of drug-likeness (QED) is 0.923. The first-order valence-corrected chi connectivity index (χ1v) is 7.56. The van der Waals surface area contributed by atoms with E-state index in [1.165, 1.54) is 25.7 Å². The lowest BCUT2D eigenvalue weighted by molar-refractivity contribution is 0.153. The van der Waals surface area contributed by atoms with E-state index >= 15 is 0 Å². The Bertz CT molecular complexity index is 470. The molecule has 1 aliphatic rings. The molecule has 0 aliphatic heterocycles. The highest BCUT2D eigenvalue weighted by molar-refractivity contribution is 9.10. The molecule has 0 aromatic heterocycles. The summed E-state index contributed by atoms with van der Waals surface area (Å²) in [5, 5.41) is 9.11. The molecule has 2 N–H and O–H groups in total. The van der Waals surface area contributed by atoms with E-state index in [4.69, 9.17) is 15.7 Å². The van der Waals surface area contributed by atoms with Gasteiger partial charge in [0.25, 0.3) is 0 Å². The van der Waals surface area contributed by atoms with Crippen molar-refractivity contribution < 1.29 is 4.74 Å². The van der Waals surface area contributed by atoms with Crippen molar-refractivity contribution in [2.45, 2.75) is 25.7 Å². The molecule has 1 saturated carbocycles. The molecule has 0 spiro atoms. The molecular weight excluding hydrogens is 304 g/mol. The molecule has 19 heavy (non-hydrogen) atoms. The molecule has 1 fully saturated rings. The van der Waals surface area contributed by atoms with Crippen LogP contribution in [0, 0.1) is 23.2 Å². The number of halogens is 1. The first kappa shape index (κ1) is 14.4. The summed E-state index contributed by atoms with van der Waals surface area (Å²) in [7, 11) is 0. The fourth-order valence-electron chi connectivity index (χ4n) is 2.73. The fourth-order valence-corrected chi connectivity index (χ4v) is 3.09. The minimum Gasteiger partial charge on any atom is -0.492 e. The van der Waals surface area contributed by atoms with Gasteiger partial charge in [0.05, 0.1) is 12.2 Å². The summed E-state index contributed by atoms with van der Waals surface area (Å²) in [6, 6.07) is 7.71. The maximum atomic E-state index is 9.11. The average molecular weight is 323 g/mol. The highest BCUT2D eigenvalue weighted by Crippen LogP contribution is 2.30. The molecule has 1 aliphatic carbocycles. The lowest BCUT2D eigenvalue weighted by Crippen LogP contribution is -2.30. The third-order valence-corrected chi connectivity index (χ3v) is 4.38. The van der Waals surface area contributed by atoms with Gasteiger partial charge in [-0.2, -0.15) is 5.26 Å². The number of ether oxygens (including phenoxy) is 1. The lowest BCUT2D eigenvalue weighted by atomic mass is 9.80. The third-order valence-electron chi connectivity index (χ3n) is 3.88. The second-order valence-corrected chi connectivity index (χ2v) is 6.02. The van der Waals surface area contributed by atoms with E-state index in [-0.39, 0.29) is 0 Å². The number of hydrogen-bond acceptors (Lipinski definition) is 3. The van der Waals surface area contributed by atoms with Crippen molar-refractivity contribution in [3.8, 4) is 11.8 Å². The van der Waals surface area contributed by atoms with Crippen LogP contribution in [0.3, 0.4) is 0 Å². The van der Waals surface area contributed by atoms with Gasteiger partial charge in [-0.15, -0.1) is 0 Å². The van der Waals surface area contributed by atoms with Crippen molar-refractivity contribution in [2.75, 3.05) is 13.2 Å². The Morgan fingerprint density at radius 3 is 2.74 bits per heavy atom.